The van der Waals surface area contributed by atoms with Crippen molar-refractivity contribution < 1.29 is 9.47 Å². The van der Waals surface area contributed by atoms with Crippen molar-refractivity contribution in [1.82, 2.24) is 14.4 Å². The van der Waals surface area contributed by atoms with Gasteiger partial charge in [0.1, 0.15) is 12.4 Å². The number of fused-ring (bicyclic) bond motifs is 2. The van der Waals surface area contributed by atoms with Gasteiger partial charge in [-0.05, 0) is 36.4 Å². The maximum absolute atomic E-state index is 5.81. The Hall–Kier alpha value is -3.78. The lowest BCUT2D eigenvalue weighted by molar-refractivity contribution is 0.122. The quantitative estimate of drug-likeness (QED) is 0.512. The Labute approximate surface area is 185 Å². The summed E-state index contributed by atoms with van der Waals surface area (Å²) >= 11 is 0. The van der Waals surface area contributed by atoms with Gasteiger partial charge in [-0.25, -0.2) is 9.97 Å². The fourth-order valence-electron chi connectivity index (χ4n) is 4.16. The van der Waals surface area contributed by atoms with Crippen LogP contribution >= 0.6 is 0 Å². The van der Waals surface area contributed by atoms with Gasteiger partial charge in [-0.1, -0.05) is 6.07 Å². The van der Waals surface area contributed by atoms with E-state index in [1.807, 2.05) is 28.9 Å². The lowest BCUT2D eigenvalue weighted by Crippen LogP contribution is -2.36. The minimum atomic E-state index is 0.664. The number of nitrogens with one attached hydrogen (secondary N) is 2. The summed E-state index contributed by atoms with van der Waals surface area (Å²) in [4.78, 5) is 11.7. The molecule has 162 valence electrons. The third-order valence-electron chi connectivity index (χ3n) is 5.83. The van der Waals surface area contributed by atoms with Crippen LogP contribution < -0.4 is 20.3 Å². The van der Waals surface area contributed by atoms with Gasteiger partial charge < -0.3 is 29.4 Å². The van der Waals surface area contributed by atoms with Crippen molar-refractivity contribution >= 4 is 28.5 Å². The molecule has 4 aromatic rings. The number of anilines is 4. The highest BCUT2D eigenvalue weighted by Gasteiger charge is 2.15. The van der Waals surface area contributed by atoms with Crippen LogP contribution in [0.4, 0.5) is 22.9 Å². The first-order chi connectivity index (χ1) is 15.8. The molecule has 2 N–H and O–H groups in total. The van der Waals surface area contributed by atoms with Gasteiger partial charge in [-0.15, -0.1) is 0 Å². The Morgan fingerprint density at radius 2 is 1.88 bits per heavy atom. The molecule has 6 rings (SSSR count). The van der Waals surface area contributed by atoms with E-state index < -0.39 is 0 Å². The van der Waals surface area contributed by atoms with Crippen LogP contribution in [0.1, 0.15) is 0 Å². The smallest absolute Gasteiger partial charge is 0.180 e. The molecular weight excluding hydrogens is 404 g/mol. The van der Waals surface area contributed by atoms with Crippen LogP contribution in [0.15, 0.2) is 61.1 Å². The highest BCUT2D eigenvalue weighted by Crippen LogP contribution is 2.33. The molecule has 2 aliphatic heterocycles. The standard InChI is InChI=1S/C24H24N6O2/c1-6-20-22(32-12-8-25-20)15-17(1)21-16-30-9-7-26-24(30)23(28-21)27-18-2-4-19(5-3-18)29-10-13-31-14-11-29/h1-7,9,15-16,25H,8,10-14H2,(H,27,28). The first-order valence-electron chi connectivity index (χ1n) is 10.9. The number of hydrogen-bond donors (Lipinski definition) is 2. The molecule has 8 heteroatoms. The number of benzene rings is 2. The molecule has 2 aliphatic rings. The summed E-state index contributed by atoms with van der Waals surface area (Å²) < 4.78 is 13.3. The molecule has 0 saturated carbocycles. The molecule has 0 unspecified atom stereocenters. The number of hydrogen-bond acceptors (Lipinski definition) is 7. The van der Waals surface area contributed by atoms with Crippen LogP contribution in [0, 0.1) is 0 Å². The Morgan fingerprint density at radius 3 is 2.75 bits per heavy atom. The molecular formula is C24H24N6O2. The molecule has 0 spiro atoms. The number of aromatic nitrogens is 3. The van der Waals surface area contributed by atoms with Crippen LogP contribution in [0.2, 0.25) is 0 Å². The molecule has 1 saturated heterocycles. The molecule has 0 atom stereocenters. The molecule has 4 heterocycles. The van der Waals surface area contributed by atoms with Gasteiger partial charge >= 0.3 is 0 Å². The Balaban J connectivity index is 1.31. The maximum atomic E-state index is 5.81. The Bertz CT molecular complexity index is 1250. The summed E-state index contributed by atoms with van der Waals surface area (Å²) in [5, 5.41) is 6.81. The summed E-state index contributed by atoms with van der Waals surface area (Å²) in [6, 6.07) is 14.6. The second-order valence-electron chi connectivity index (χ2n) is 7.89. The van der Waals surface area contributed by atoms with Gasteiger partial charge in [0.25, 0.3) is 0 Å². The van der Waals surface area contributed by atoms with E-state index in [4.69, 9.17) is 14.5 Å². The third kappa shape index (κ3) is 3.58. The fourth-order valence-corrected chi connectivity index (χ4v) is 4.16. The minimum Gasteiger partial charge on any atom is -0.490 e. The minimum absolute atomic E-state index is 0.664. The predicted octanol–water partition coefficient (Wildman–Crippen LogP) is 3.78. The van der Waals surface area contributed by atoms with Crippen LogP contribution in [0.25, 0.3) is 16.9 Å². The number of morpholine rings is 1. The van der Waals surface area contributed by atoms with Crippen molar-refractivity contribution in [2.24, 2.45) is 0 Å². The van der Waals surface area contributed by atoms with Crippen molar-refractivity contribution in [3.05, 3.63) is 61.1 Å². The van der Waals surface area contributed by atoms with Crippen molar-refractivity contribution in [2.75, 3.05) is 55.0 Å². The van der Waals surface area contributed by atoms with E-state index in [9.17, 15) is 0 Å². The molecule has 0 amide bonds. The van der Waals surface area contributed by atoms with Crippen LogP contribution in [-0.2, 0) is 4.74 Å². The van der Waals surface area contributed by atoms with E-state index in [0.717, 1.165) is 66.9 Å². The van der Waals surface area contributed by atoms with Gasteiger partial charge in [-0.3, -0.25) is 0 Å². The largest absolute Gasteiger partial charge is 0.490 e. The van der Waals surface area contributed by atoms with Gasteiger partial charge in [0, 0.05) is 55.2 Å². The van der Waals surface area contributed by atoms with Gasteiger partial charge in [0.05, 0.1) is 24.6 Å². The zero-order chi connectivity index (χ0) is 21.3. The first-order valence-corrected chi connectivity index (χ1v) is 10.9. The van der Waals surface area contributed by atoms with Crippen molar-refractivity contribution in [3.8, 4) is 17.0 Å². The first kappa shape index (κ1) is 18.9. The predicted molar refractivity (Wildman–Crippen MR) is 125 cm³/mol. The molecule has 1 fully saturated rings. The van der Waals surface area contributed by atoms with E-state index in [-0.39, 0.29) is 0 Å². The van der Waals surface area contributed by atoms with Gasteiger partial charge in [0.2, 0.25) is 0 Å². The lowest BCUT2D eigenvalue weighted by Gasteiger charge is -2.28. The molecule has 2 aromatic heterocycles. The van der Waals surface area contributed by atoms with E-state index in [2.05, 4.69) is 50.8 Å². The van der Waals surface area contributed by atoms with Crippen LogP contribution in [0.5, 0.6) is 5.75 Å². The Morgan fingerprint density at radius 1 is 1.00 bits per heavy atom. The topological polar surface area (TPSA) is 76.0 Å². The highest BCUT2D eigenvalue weighted by molar-refractivity contribution is 5.76. The molecule has 32 heavy (non-hydrogen) atoms. The second kappa shape index (κ2) is 8.05. The number of rotatable bonds is 4. The third-order valence-corrected chi connectivity index (χ3v) is 5.83. The van der Waals surface area contributed by atoms with Gasteiger partial charge in [0.15, 0.2) is 11.5 Å². The van der Waals surface area contributed by atoms with Gasteiger partial charge in [-0.2, -0.15) is 0 Å². The molecule has 2 aromatic carbocycles. The summed E-state index contributed by atoms with van der Waals surface area (Å²) in [6.07, 6.45) is 5.71. The van der Waals surface area contributed by atoms with Crippen molar-refractivity contribution in [2.45, 2.75) is 0 Å². The maximum Gasteiger partial charge on any atom is 0.180 e. The van der Waals surface area contributed by atoms with Crippen LogP contribution in [0.3, 0.4) is 0 Å². The highest BCUT2D eigenvalue weighted by atomic mass is 16.5. The molecule has 0 radical (unpaired) electrons. The zero-order valence-electron chi connectivity index (χ0n) is 17.6. The molecule has 0 aliphatic carbocycles. The molecule has 8 nitrogen and oxygen atoms in total. The lowest BCUT2D eigenvalue weighted by atomic mass is 10.1. The fraction of sp³-hybridized carbons (Fsp3) is 0.250. The second-order valence-corrected chi connectivity index (χ2v) is 7.89. The van der Waals surface area contributed by atoms with E-state index in [1.165, 1.54) is 5.69 Å². The van der Waals surface area contributed by atoms with E-state index in [1.54, 1.807) is 6.20 Å². The summed E-state index contributed by atoms with van der Waals surface area (Å²) in [5.41, 5.74) is 5.81. The summed E-state index contributed by atoms with van der Waals surface area (Å²) in [7, 11) is 0. The monoisotopic (exact) mass is 428 g/mol. The SMILES string of the molecule is c1cn2cc(-c3ccc4c(c3)OCCN4)nc(Nc3ccc(N4CCOCC4)cc3)c2n1. The number of ether oxygens (including phenoxy) is 2. The molecule has 0 bridgehead atoms. The average molecular weight is 428 g/mol. The average Bonchev–Trinajstić information content (AvgIpc) is 3.34. The van der Waals surface area contributed by atoms with E-state index >= 15 is 0 Å². The number of imidazole rings is 1. The van der Waals surface area contributed by atoms with Crippen molar-refractivity contribution in [1.29, 1.82) is 0 Å². The summed E-state index contributed by atoms with van der Waals surface area (Å²) in [5.74, 6) is 1.57. The summed E-state index contributed by atoms with van der Waals surface area (Å²) in [6.45, 7) is 4.88. The Kier molecular flexibility index (Phi) is 4.77. The van der Waals surface area contributed by atoms with Crippen LogP contribution in [-0.4, -0.2) is 53.8 Å². The normalized spacial score (nSPS) is 15.7. The number of nitrogens with zero attached hydrogens (tertiary/aromatic N) is 4. The van der Waals surface area contributed by atoms with E-state index in [0.29, 0.717) is 12.4 Å². The zero-order valence-corrected chi connectivity index (χ0v) is 17.6. The van der Waals surface area contributed by atoms with Crippen molar-refractivity contribution in [3.63, 3.8) is 0 Å².